The van der Waals surface area contributed by atoms with Crippen LogP contribution < -0.4 is 10.6 Å². The molecule has 19 heavy (non-hydrogen) atoms. The molecule has 0 spiro atoms. The van der Waals surface area contributed by atoms with E-state index in [9.17, 15) is 4.79 Å². The molecular formula is C13H25N5O. The maximum Gasteiger partial charge on any atom is 0.289 e. The minimum absolute atomic E-state index is 0.108. The lowest BCUT2D eigenvalue weighted by atomic mass is 10.1. The fraction of sp³-hybridized carbons (Fsp3) is 0.769. The molecule has 0 aliphatic heterocycles. The number of rotatable bonds is 4. The second-order valence-corrected chi connectivity index (χ2v) is 6.31. The molecule has 6 heteroatoms. The smallest absolute Gasteiger partial charge is 0.289 e. The lowest BCUT2D eigenvalue weighted by molar-refractivity contribution is 0.0902. The summed E-state index contributed by atoms with van der Waals surface area (Å²) in [6.45, 7) is 13.9. The Bertz CT molecular complexity index is 442. The van der Waals surface area contributed by atoms with Crippen LogP contribution in [0.4, 0.5) is 5.95 Å². The highest BCUT2D eigenvalue weighted by atomic mass is 16.2. The van der Waals surface area contributed by atoms with Crippen LogP contribution in [0.5, 0.6) is 0 Å². The molecule has 0 bridgehead atoms. The predicted octanol–water partition coefficient (Wildman–Crippen LogP) is 2.21. The van der Waals surface area contributed by atoms with Gasteiger partial charge in [-0.3, -0.25) is 9.36 Å². The molecule has 0 aromatic carbocycles. The molecule has 0 aliphatic rings. The Morgan fingerprint density at radius 3 is 2.16 bits per heavy atom. The van der Waals surface area contributed by atoms with Crippen molar-refractivity contribution in [3.63, 3.8) is 0 Å². The van der Waals surface area contributed by atoms with Gasteiger partial charge in [0.15, 0.2) is 0 Å². The third-order valence-electron chi connectivity index (χ3n) is 2.32. The van der Waals surface area contributed by atoms with Gasteiger partial charge < -0.3 is 10.6 Å². The van der Waals surface area contributed by atoms with Crippen LogP contribution in [-0.4, -0.2) is 32.3 Å². The van der Waals surface area contributed by atoms with Gasteiger partial charge in [-0.15, -0.1) is 10.2 Å². The average molecular weight is 267 g/mol. The molecule has 0 unspecified atom stereocenters. The van der Waals surface area contributed by atoms with E-state index in [1.807, 2.05) is 53.0 Å². The third-order valence-corrected chi connectivity index (χ3v) is 2.32. The van der Waals surface area contributed by atoms with Gasteiger partial charge in [-0.1, -0.05) is 0 Å². The van der Waals surface area contributed by atoms with E-state index >= 15 is 0 Å². The summed E-state index contributed by atoms with van der Waals surface area (Å²) < 4.78 is 1.82. The van der Waals surface area contributed by atoms with Crippen LogP contribution in [0.2, 0.25) is 0 Å². The first-order valence-electron chi connectivity index (χ1n) is 6.65. The molecule has 1 amide bonds. The summed E-state index contributed by atoms with van der Waals surface area (Å²) in [4.78, 5) is 12.2. The van der Waals surface area contributed by atoms with Crippen LogP contribution in [0.1, 0.15) is 65.1 Å². The van der Waals surface area contributed by atoms with Crippen molar-refractivity contribution in [1.29, 1.82) is 0 Å². The van der Waals surface area contributed by atoms with Gasteiger partial charge >= 0.3 is 0 Å². The zero-order chi connectivity index (χ0) is 14.8. The number of nitrogens with zero attached hydrogens (tertiary/aromatic N) is 3. The third kappa shape index (κ3) is 4.22. The van der Waals surface area contributed by atoms with Gasteiger partial charge in [0.2, 0.25) is 11.8 Å². The van der Waals surface area contributed by atoms with Crippen LogP contribution >= 0.6 is 0 Å². The van der Waals surface area contributed by atoms with Crippen LogP contribution in [0.25, 0.3) is 0 Å². The van der Waals surface area contributed by atoms with E-state index in [4.69, 9.17) is 0 Å². The van der Waals surface area contributed by atoms with Crippen LogP contribution in [0, 0.1) is 0 Å². The van der Waals surface area contributed by atoms with Crippen molar-refractivity contribution < 1.29 is 4.79 Å². The van der Waals surface area contributed by atoms with Crippen molar-refractivity contribution in [3.8, 4) is 0 Å². The SMILES string of the molecule is CC(C)Nc1nnc(C(=O)NC(C)(C)C)n1C(C)C. The number of hydrogen-bond acceptors (Lipinski definition) is 4. The Kier molecular flexibility index (Phi) is 4.55. The zero-order valence-corrected chi connectivity index (χ0v) is 12.9. The maximum absolute atomic E-state index is 12.2. The normalized spacial score (nSPS) is 12.1. The largest absolute Gasteiger partial charge is 0.352 e. The van der Waals surface area contributed by atoms with Crippen molar-refractivity contribution in [2.45, 2.75) is 66.1 Å². The summed E-state index contributed by atoms with van der Waals surface area (Å²) in [6.07, 6.45) is 0. The Labute approximate surface area is 115 Å². The van der Waals surface area contributed by atoms with Gasteiger partial charge in [0.1, 0.15) is 0 Å². The molecule has 1 rings (SSSR count). The highest BCUT2D eigenvalue weighted by molar-refractivity contribution is 5.91. The number of nitrogens with one attached hydrogen (secondary N) is 2. The molecular weight excluding hydrogens is 242 g/mol. The van der Waals surface area contributed by atoms with Crippen molar-refractivity contribution >= 4 is 11.9 Å². The number of carbonyl (C=O) groups excluding carboxylic acids is 1. The lowest BCUT2D eigenvalue weighted by Crippen LogP contribution is -2.42. The van der Waals surface area contributed by atoms with Gasteiger partial charge in [-0.05, 0) is 48.5 Å². The Morgan fingerprint density at radius 2 is 1.74 bits per heavy atom. The van der Waals surface area contributed by atoms with E-state index in [1.54, 1.807) is 0 Å². The quantitative estimate of drug-likeness (QED) is 0.877. The molecule has 0 aliphatic carbocycles. The predicted molar refractivity (Wildman–Crippen MR) is 76.4 cm³/mol. The molecule has 1 heterocycles. The zero-order valence-electron chi connectivity index (χ0n) is 12.9. The molecule has 108 valence electrons. The molecule has 0 radical (unpaired) electrons. The van der Waals surface area contributed by atoms with Gasteiger partial charge in [-0.25, -0.2) is 0 Å². The standard InChI is InChI=1S/C13H25N5O/c1-8(2)14-12-17-16-10(18(12)9(3)4)11(19)15-13(5,6)7/h8-9H,1-7H3,(H,14,17)(H,15,19). The molecule has 6 nitrogen and oxygen atoms in total. The minimum atomic E-state index is -0.295. The van der Waals surface area contributed by atoms with E-state index in [0.29, 0.717) is 11.8 Å². The molecule has 1 aromatic heterocycles. The lowest BCUT2D eigenvalue weighted by Gasteiger charge is -2.21. The second kappa shape index (κ2) is 5.59. The van der Waals surface area contributed by atoms with Crippen molar-refractivity contribution in [2.24, 2.45) is 0 Å². The van der Waals surface area contributed by atoms with E-state index in [-0.39, 0.29) is 23.5 Å². The van der Waals surface area contributed by atoms with Crippen molar-refractivity contribution in [3.05, 3.63) is 5.82 Å². The Balaban J connectivity index is 3.08. The molecule has 0 saturated heterocycles. The number of amides is 1. The highest BCUT2D eigenvalue weighted by Crippen LogP contribution is 2.17. The fourth-order valence-corrected chi connectivity index (χ4v) is 1.69. The molecule has 0 atom stereocenters. The Morgan fingerprint density at radius 1 is 1.16 bits per heavy atom. The van der Waals surface area contributed by atoms with Gasteiger partial charge in [0, 0.05) is 17.6 Å². The van der Waals surface area contributed by atoms with E-state index in [1.165, 1.54) is 0 Å². The minimum Gasteiger partial charge on any atom is -0.352 e. The monoisotopic (exact) mass is 267 g/mol. The molecule has 0 fully saturated rings. The van der Waals surface area contributed by atoms with Crippen LogP contribution in [-0.2, 0) is 0 Å². The highest BCUT2D eigenvalue weighted by Gasteiger charge is 2.24. The maximum atomic E-state index is 12.2. The van der Waals surface area contributed by atoms with Crippen molar-refractivity contribution in [2.75, 3.05) is 5.32 Å². The number of anilines is 1. The number of aromatic nitrogens is 3. The first-order chi connectivity index (χ1) is 8.61. The van der Waals surface area contributed by atoms with Crippen LogP contribution in [0.3, 0.4) is 0 Å². The summed E-state index contributed by atoms with van der Waals surface area (Å²) >= 11 is 0. The fourth-order valence-electron chi connectivity index (χ4n) is 1.69. The topological polar surface area (TPSA) is 71.8 Å². The first-order valence-corrected chi connectivity index (χ1v) is 6.65. The molecule has 0 saturated carbocycles. The van der Waals surface area contributed by atoms with Gasteiger partial charge in [0.05, 0.1) is 0 Å². The number of carbonyl (C=O) groups is 1. The van der Waals surface area contributed by atoms with Crippen LogP contribution in [0.15, 0.2) is 0 Å². The summed E-state index contributed by atoms with van der Waals surface area (Å²) in [5.74, 6) is 0.766. The Hall–Kier alpha value is -1.59. The average Bonchev–Trinajstić information content (AvgIpc) is 2.57. The van der Waals surface area contributed by atoms with E-state index in [2.05, 4.69) is 20.8 Å². The van der Waals surface area contributed by atoms with Gasteiger partial charge in [-0.2, -0.15) is 0 Å². The van der Waals surface area contributed by atoms with Gasteiger partial charge in [0.25, 0.3) is 5.91 Å². The second-order valence-electron chi connectivity index (χ2n) is 6.31. The molecule has 1 aromatic rings. The van der Waals surface area contributed by atoms with E-state index < -0.39 is 0 Å². The summed E-state index contributed by atoms with van der Waals surface area (Å²) in [5.41, 5.74) is -0.295. The van der Waals surface area contributed by atoms with E-state index in [0.717, 1.165) is 0 Å². The van der Waals surface area contributed by atoms with Crippen molar-refractivity contribution in [1.82, 2.24) is 20.1 Å². The summed E-state index contributed by atoms with van der Waals surface area (Å²) in [7, 11) is 0. The number of hydrogen-bond donors (Lipinski definition) is 2. The molecule has 2 N–H and O–H groups in total. The summed E-state index contributed by atoms with van der Waals surface area (Å²) in [6, 6.07) is 0.345. The summed E-state index contributed by atoms with van der Waals surface area (Å²) in [5, 5.41) is 14.2. The first kappa shape index (κ1) is 15.5.